The van der Waals surface area contributed by atoms with Gasteiger partial charge in [0.05, 0.1) is 29.9 Å². The average Bonchev–Trinajstić information content (AvgIpc) is 2.91. The van der Waals surface area contributed by atoms with Gasteiger partial charge in [-0.2, -0.15) is 10.2 Å². The number of aromatic nitrogens is 3. The number of carbonyl (C=O) groups excluding carboxylic acids is 1. The first-order valence-electron chi connectivity index (χ1n) is 11.1. The van der Waals surface area contributed by atoms with Crippen molar-refractivity contribution in [2.75, 3.05) is 7.11 Å². The first-order valence-corrected chi connectivity index (χ1v) is 11.5. The van der Waals surface area contributed by atoms with Gasteiger partial charge in [0, 0.05) is 21.9 Å². The summed E-state index contributed by atoms with van der Waals surface area (Å²) < 4.78 is 19.7. The molecule has 10 heteroatoms. The molecule has 0 fully saturated rings. The molecule has 0 radical (unpaired) electrons. The number of amides is 1. The van der Waals surface area contributed by atoms with Crippen LogP contribution < -0.4 is 15.7 Å². The molecule has 5 aromatic rings. The van der Waals surface area contributed by atoms with Gasteiger partial charge in [-0.1, -0.05) is 29.8 Å². The van der Waals surface area contributed by atoms with Crippen molar-refractivity contribution in [1.29, 1.82) is 0 Å². The quantitative estimate of drug-likeness (QED) is 0.203. The fourth-order valence-electron chi connectivity index (χ4n) is 3.87. The van der Waals surface area contributed by atoms with Gasteiger partial charge in [0.15, 0.2) is 0 Å². The van der Waals surface area contributed by atoms with Crippen molar-refractivity contribution in [3.63, 3.8) is 0 Å². The predicted molar refractivity (Wildman–Crippen MR) is 140 cm³/mol. The second-order valence-electron chi connectivity index (χ2n) is 8.08. The number of methoxy groups -OCH3 is 1. The Labute approximate surface area is 215 Å². The Bertz CT molecular complexity index is 1740. The van der Waals surface area contributed by atoms with E-state index in [2.05, 4.69) is 20.6 Å². The van der Waals surface area contributed by atoms with Crippen LogP contribution in [0.5, 0.6) is 5.75 Å². The Balaban J connectivity index is 1.40. The molecule has 0 spiro atoms. The number of nitrogens with one attached hydrogen (secondary N) is 1. The number of ether oxygens (including phenoxy) is 1. The first-order chi connectivity index (χ1) is 17.9. The van der Waals surface area contributed by atoms with Gasteiger partial charge in [0.1, 0.15) is 23.3 Å². The summed E-state index contributed by atoms with van der Waals surface area (Å²) in [6, 6.07) is 19.8. The van der Waals surface area contributed by atoms with E-state index in [9.17, 15) is 14.0 Å². The molecule has 1 amide bonds. The van der Waals surface area contributed by atoms with Crippen LogP contribution in [0.25, 0.3) is 32.9 Å². The molecular weight excluding hydrogens is 497 g/mol. The Hall–Kier alpha value is -4.63. The van der Waals surface area contributed by atoms with Crippen LogP contribution >= 0.6 is 11.6 Å². The summed E-state index contributed by atoms with van der Waals surface area (Å²) in [7, 11) is 1.57. The van der Waals surface area contributed by atoms with Gasteiger partial charge < -0.3 is 4.74 Å². The van der Waals surface area contributed by atoms with Crippen molar-refractivity contribution < 1.29 is 13.9 Å². The van der Waals surface area contributed by atoms with Gasteiger partial charge in [-0.3, -0.25) is 9.59 Å². The maximum absolute atomic E-state index is 13.4. The molecule has 184 valence electrons. The summed E-state index contributed by atoms with van der Waals surface area (Å²) in [5.74, 6) is -0.293. The summed E-state index contributed by atoms with van der Waals surface area (Å²) >= 11 is 6.26. The van der Waals surface area contributed by atoms with Crippen molar-refractivity contribution in [2.24, 2.45) is 5.10 Å². The predicted octanol–water partition coefficient (Wildman–Crippen LogP) is 4.56. The van der Waals surface area contributed by atoms with Gasteiger partial charge in [0.25, 0.3) is 11.5 Å². The number of pyridine rings is 1. The average molecular weight is 516 g/mol. The highest BCUT2D eigenvalue weighted by molar-refractivity contribution is 6.32. The second kappa shape index (κ2) is 10.2. The monoisotopic (exact) mass is 515 g/mol. The molecule has 0 aliphatic carbocycles. The molecule has 0 aliphatic rings. The molecule has 0 aliphatic heterocycles. The molecule has 2 heterocycles. The lowest BCUT2D eigenvalue weighted by Crippen LogP contribution is -2.32. The second-order valence-corrected chi connectivity index (χ2v) is 8.44. The standard InChI is InChI=1S/C27H19ClFN5O3/c1-37-20-10-11-23-17(13-20)12-18(26(28)31-23)14-30-32-24(35)15-34-27(36)22-5-3-2-4-21(22)25(33-34)16-6-8-19(29)9-7-16/h2-14H,15H2,1H3,(H,32,35)/b30-14+. The Morgan fingerprint density at radius 2 is 1.86 bits per heavy atom. The fraction of sp³-hybridized carbons (Fsp3) is 0.0741. The number of carbonyl (C=O) groups is 1. The smallest absolute Gasteiger partial charge is 0.275 e. The van der Waals surface area contributed by atoms with E-state index in [4.69, 9.17) is 16.3 Å². The number of hydrogen-bond acceptors (Lipinski definition) is 6. The summed E-state index contributed by atoms with van der Waals surface area (Å²) in [5, 5.41) is 10.4. The lowest BCUT2D eigenvalue weighted by atomic mass is 10.1. The lowest BCUT2D eigenvalue weighted by molar-refractivity contribution is -0.121. The molecule has 37 heavy (non-hydrogen) atoms. The SMILES string of the molecule is COc1ccc2nc(Cl)c(/C=N/NC(=O)Cn3nc(-c4ccc(F)cc4)c4ccccc4c3=O)cc2c1. The fourth-order valence-corrected chi connectivity index (χ4v) is 4.07. The van der Waals surface area contributed by atoms with Crippen LogP contribution in [0.15, 0.2) is 82.7 Å². The zero-order valence-corrected chi connectivity index (χ0v) is 20.2. The molecule has 0 atom stereocenters. The maximum atomic E-state index is 13.4. The summed E-state index contributed by atoms with van der Waals surface area (Å²) in [6.45, 7) is -0.379. The van der Waals surface area contributed by atoms with Crippen LogP contribution in [0.2, 0.25) is 5.15 Å². The van der Waals surface area contributed by atoms with Crippen LogP contribution in [-0.4, -0.2) is 34.0 Å². The van der Waals surface area contributed by atoms with Gasteiger partial charge in [-0.15, -0.1) is 0 Å². The van der Waals surface area contributed by atoms with Crippen molar-refractivity contribution in [3.8, 4) is 17.0 Å². The molecule has 0 unspecified atom stereocenters. The Kier molecular flexibility index (Phi) is 6.61. The molecule has 0 saturated heterocycles. The van der Waals surface area contributed by atoms with E-state index in [1.165, 1.54) is 18.3 Å². The Morgan fingerprint density at radius 1 is 1.11 bits per heavy atom. The summed E-state index contributed by atoms with van der Waals surface area (Å²) in [5.41, 5.74) is 4.20. The third-order valence-electron chi connectivity index (χ3n) is 5.67. The summed E-state index contributed by atoms with van der Waals surface area (Å²) in [4.78, 5) is 30.0. The number of halogens is 2. The number of hydrogen-bond donors (Lipinski definition) is 1. The third kappa shape index (κ3) is 5.03. The van der Waals surface area contributed by atoms with E-state index in [1.807, 2.05) is 6.07 Å². The summed E-state index contributed by atoms with van der Waals surface area (Å²) in [6.07, 6.45) is 1.37. The minimum absolute atomic E-state index is 0.215. The van der Waals surface area contributed by atoms with Crippen molar-refractivity contribution in [3.05, 3.63) is 99.7 Å². The van der Waals surface area contributed by atoms with Gasteiger partial charge in [-0.25, -0.2) is 19.5 Å². The van der Waals surface area contributed by atoms with E-state index in [1.54, 1.807) is 61.7 Å². The molecule has 0 bridgehead atoms. The van der Waals surface area contributed by atoms with Gasteiger partial charge >= 0.3 is 0 Å². The van der Waals surface area contributed by atoms with Crippen LogP contribution in [0.3, 0.4) is 0 Å². The highest BCUT2D eigenvalue weighted by Crippen LogP contribution is 2.25. The molecule has 8 nitrogen and oxygen atoms in total. The molecule has 1 N–H and O–H groups in total. The van der Waals surface area contributed by atoms with Crippen LogP contribution in [0.4, 0.5) is 4.39 Å². The number of hydrazone groups is 1. The highest BCUT2D eigenvalue weighted by atomic mass is 35.5. The van der Waals surface area contributed by atoms with Crippen molar-refractivity contribution in [1.82, 2.24) is 20.2 Å². The van der Waals surface area contributed by atoms with Crippen LogP contribution in [0.1, 0.15) is 5.56 Å². The minimum Gasteiger partial charge on any atom is -0.497 e. The Morgan fingerprint density at radius 3 is 2.62 bits per heavy atom. The van der Waals surface area contributed by atoms with Gasteiger partial charge in [-0.05, 0) is 54.6 Å². The van der Waals surface area contributed by atoms with Crippen molar-refractivity contribution >= 4 is 45.4 Å². The number of benzene rings is 3. The van der Waals surface area contributed by atoms with E-state index >= 15 is 0 Å². The van der Waals surface area contributed by atoms with E-state index in [-0.39, 0.29) is 17.5 Å². The zero-order valence-electron chi connectivity index (χ0n) is 19.5. The van der Waals surface area contributed by atoms with E-state index in [0.717, 1.165) is 10.1 Å². The molecule has 3 aromatic carbocycles. The van der Waals surface area contributed by atoms with Gasteiger partial charge in [0.2, 0.25) is 0 Å². The van der Waals surface area contributed by atoms with Crippen LogP contribution in [0, 0.1) is 5.82 Å². The normalized spacial score (nSPS) is 11.3. The van der Waals surface area contributed by atoms with E-state index < -0.39 is 11.5 Å². The number of nitrogens with zero attached hydrogens (tertiary/aromatic N) is 4. The molecule has 5 rings (SSSR count). The molecule has 2 aromatic heterocycles. The third-order valence-corrected chi connectivity index (χ3v) is 5.98. The largest absolute Gasteiger partial charge is 0.497 e. The number of rotatable bonds is 6. The molecular formula is C27H19ClFN5O3. The topological polar surface area (TPSA) is 98.5 Å². The maximum Gasteiger partial charge on any atom is 0.275 e. The molecule has 0 saturated carbocycles. The minimum atomic E-state index is -0.572. The van der Waals surface area contributed by atoms with E-state index in [0.29, 0.717) is 38.9 Å². The highest BCUT2D eigenvalue weighted by Gasteiger charge is 2.14. The number of fused-ring (bicyclic) bond motifs is 2. The van der Waals surface area contributed by atoms with Crippen molar-refractivity contribution in [2.45, 2.75) is 6.54 Å². The zero-order chi connectivity index (χ0) is 25.9. The van der Waals surface area contributed by atoms with Crippen LogP contribution in [-0.2, 0) is 11.3 Å². The first kappa shape index (κ1) is 24.1. The lowest BCUT2D eigenvalue weighted by Gasteiger charge is -2.11.